The average molecular weight is 505 g/mol. The van der Waals surface area contributed by atoms with Crippen molar-refractivity contribution in [2.24, 2.45) is 4.99 Å². The maximum Gasteiger partial charge on any atom is 0.168 e. The van der Waals surface area contributed by atoms with E-state index in [1.807, 2.05) is 72.8 Å². The van der Waals surface area contributed by atoms with Gasteiger partial charge in [-0.15, -0.1) is 0 Å². The van der Waals surface area contributed by atoms with Gasteiger partial charge in [0.05, 0.1) is 28.2 Å². The Hall–Kier alpha value is -4.32. The Morgan fingerprint density at radius 3 is 2.53 bits per heavy atom. The van der Waals surface area contributed by atoms with Gasteiger partial charge in [-0.2, -0.15) is 0 Å². The van der Waals surface area contributed by atoms with Crippen molar-refractivity contribution < 1.29 is 19.2 Å². The zero-order valence-corrected chi connectivity index (χ0v) is 21.0. The van der Waals surface area contributed by atoms with Crippen molar-refractivity contribution in [2.45, 2.75) is 50.9 Å². The van der Waals surface area contributed by atoms with Crippen LogP contribution < -0.4 is 0 Å². The maximum atomic E-state index is 13.2. The Morgan fingerprint density at radius 1 is 0.921 bits per heavy atom. The molecule has 190 valence electrons. The number of aromatic nitrogens is 1. The lowest BCUT2D eigenvalue weighted by atomic mass is 9.81. The first-order valence-electron chi connectivity index (χ1n) is 13.1. The van der Waals surface area contributed by atoms with E-state index in [1.165, 1.54) is 0 Å². The van der Waals surface area contributed by atoms with E-state index in [4.69, 9.17) is 9.52 Å². The molecule has 6 rings (SSSR count). The number of allylic oxidation sites excluding steroid dienone is 2. The third kappa shape index (κ3) is 4.70. The molecule has 38 heavy (non-hydrogen) atoms. The monoisotopic (exact) mass is 504 g/mol. The number of carbonyl (C=O) groups excluding carboxylic acids is 2. The first-order chi connectivity index (χ1) is 18.6. The smallest absolute Gasteiger partial charge is 0.168 e. The molecule has 1 atom stereocenters. The van der Waals surface area contributed by atoms with E-state index < -0.39 is 0 Å². The molecule has 0 fully saturated rings. The van der Waals surface area contributed by atoms with Crippen LogP contribution in [-0.4, -0.2) is 27.5 Å². The van der Waals surface area contributed by atoms with Crippen LogP contribution in [-0.2, 0) is 17.6 Å². The van der Waals surface area contributed by atoms with E-state index in [0.717, 1.165) is 16.3 Å². The molecule has 6 nitrogen and oxygen atoms in total. The summed E-state index contributed by atoms with van der Waals surface area (Å²) in [6.45, 7) is 0. The normalized spacial score (nSPS) is 18.2. The second-order valence-electron chi connectivity index (χ2n) is 10.1. The summed E-state index contributed by atoms with van der Waals surface area (Å²) in [5.41, 5.74) is 3.80. The lowest BCUT2D eigenvalue weighted by molar-refractivity contribution is -0.115. The molecule has 1 heterocycles. The number of aliphatic imine (C=N–C) groups is 1. The Balaban J connectivity index is 1.30. The van der Waals surface area contributed by atoms with Gasteiger partial charge in [-0.1, -0.05) is 65.8 Å². The van der Waals surface area contributed by atoms with E-state index in [-0.39, 0.29) is 23.2 Å². The number of hydrogen-bond donors (Lipinski definition) is 1. The van der Waals surface area contributed by atoms with Crippen molar-refractivity contribution in [1.82, 2.24) is 5.16 Å². The summed E-state index contributed by atoms with van der Waals surface area (Å²) in [6, 6.07) is 23.9. The number of fused-ring (bicyclic) bond motifs is 2. The van der Waals surface area contributed by atoms with Crippen molar-refractivity contribution in [3.63, 3.8) is 0 Å². The van der Waals surface area contributed by atoms with Gasteiger partial charge < -0.3 is 9.63 Å². The summed E-state index contributed by atoms with van der Waals surface area (Å²) >= 11 is 0. The highest BCUT2D eigenvalue weighted by Crippen LogP contribution is 2.35. The highest BCUT2D eigenvalue weighted by molar-refractivity contribution is 6.23. The standard InChI is InChI=1S/C32H28N2O4/c35-27-11-6-12-28(36)31(27)25(33-24-14-13-21-9-4-5-10-22(21)17-24)15-16-26-32-29(37)18-23(19-30(32)38-34-26)20-7-2-1-3-8-20/h1-5,7-10,13-14,17,23,35H,6,11-12,15-16,18-19H2. The third-order valence-electron chi connectivity index (χ3n) is 7.52. The molecule has 6 heteroatoms. The topological polar surface area (TPSA) is 92.8 Å². The van der Waals surface area contributed by atoms with Crippen molar-refractivity contribution in [3.8, 4) is 0 Å². The number of nitrogens with zero attached hydrogens (tertiary/aromatic N) is 2. The van der Waals surface area contributed by atoms with Gasteiger partial charge in [-0.3, -0.25) is 14.6 Å². The summed E-state index contributed by atoms with van der Waals surface area (Å²) < 4.78 is 5.66. The minimum absolute atomic E-state index is 0.0279. The van der Waals surface area contributed by atoms with Gasteiger partial charge in [0.15, 0.2) is 11.6 Å². The summed E-state index contributed by atoms with van der Waals surface area (Å²) in [7, 11) is 0. The molecular weight excluding hydrogens is 476 g/mol. The molecule has 2 aliphatic rings. The molecule has 0 spiro atoms. The summed E-state index contributed by atoms with van der Waals surface area (Å²) in [4.78, 5) is 30.9. The highest BCUT2D eigenvalue weighted by Gasteiger charge is 2.33. The van der Waals surface area contributed by atoms with Crippen molar-refractivity contribution in [2.75, 3.05) is 0 Å². The molecular formula is C32H28N2O4. The molecule has 0 saturated carbocycles. The van der Waals surface area contributed by atoms with Gasteiger partial charge in [-0.05, 0) is 53.6 Å². The van der Waals surface area contributed by atoms with Crippen molar-refractivity contribution in [1.29, 1.82) is 0 Å². The fourth-order valence-electron chi connectivity index (χ4n) is 5.60. The highest BCUT2D eigenvalue weighted by atomic mass is 16.5. The Morgan fingerprint density at radius 2 is 1.71 bits per heavy atom. The van der Waals surface area contributed by atoms with Crippen LogP contribution >= 0.6 is 0 Å². The number of benzene rings is 3. The molecule has 1 aromatic heterocycles. The first kappa shape index (κ1) is 24.0. The van der Waals surface area contributed by atoms with E-state index >= 15 is 0 Å². The van der Waals surface area contributed by atoms with Crippen LogP contribution in [0, 0.1) is 0 Å². The van der Waals surface area contributed by atoms with Crippen molar-refractivity contribution in [3.05, 3.63) is 107 Å². The summed E-state index contributed by atoms with van der Waals surface area (Å²) in [5.74, 6) is 0.708. The molecule has 0 aliphatic heterocycles. The number of aliphatic hydroxyl groups is 1. The molecule has 0 saturated heterocycles. The number of rotatable bonds is 6. The minimum atomic E-state index is -0.0998. The van der Waals surface area contributed by atoms with Crippen LogP contribution in [0.1, 0.15) is 65.4 Å². The van der Waals surface area contributed by atoms with Crippen LogP contribution in [0.15, 0.2) is 93.6 Å². The quantitative estimate of drug-likeness (QED) is 0.285. The molecule has 3 aromatic carbocycles. The fraction of sp³-hybridized carbons (Fsp3) is 0.250. The van der Waals surface area contributed by atoms with Gasteiger partial charge in [0.25, 0.3) is 0 Å². The first-order valence-corrected chi connectivity index (χ1v) is 13.1. The number of ketones is 2. The largest absolute Gasteiger partial charge is 0.511 e. The summed E-state index contributed by atoms with van der Waals surface area (Å²) in [6.07, 6.45) is 3.24. The van der Waals surface area contributed by atoms with Crippen LogP contribution in [0.2, 0.25) is 0 Å². The Labute approximate surface area is 220 Å². The van der Waals surface area contributed by atoms with Gasteiger partial charge in [0.1, 0.15) is 11.5 Å². The van der Waals surface area contributed by atoms with Crippen LogP contribution in [0.25, 0.3) is 10.8 Å². The van der Waals surface area contributed by atoms with Crippen molar-refractivity contribution >= 4 is 33.7 Å². The molecule has 2 aliphatic carbocycles. The zero-order chi connectivity index (χ0) is 26.1. The molecule has 1 unspecified atom stereocenters. The number of hydrogen-bond acceptors (Lipinski definition) is 6. The summed E-state index contributed by atoms with van der Waals surface area (Å²) in [5, 5.41) is 17.1. The van der Waals surface area contributed by atoms with Crippen LogP contribution in [0.4, 0.5) is 5.69 Å². The minimum Gasteiger partial charge on any atom is -0.511 e. The molecule has 0 bridgehead atoms. The Kier molecular flexibility index (Phi) is 6.46. The van der Waals surface area contributed by atoms with Crippen LogP contribution in [0.3, 0.4) is 0 Å². The van der Waals surface area contributed by atoms with Gasteiger partial charge in [0.2, 0.25) is 0 Å². The Bertz CT molecular complexity index is 1600. The van der Waals surface area contributed by atoms with E-state index in [0.29, 0.717) is 78.9 Å². The number of Topliss-reactive ketones (excluding diaryl/α,β-unsaturated/α-hetero) is 2. The number of aryl methyl sites for hydroxylation is 1. The lowest BCUT2D eigenvalue weighted by Gasteiger charge is -2.20. The molecule has 1 N–H and O–H groups in total. The second kappa shape index (κ2) is 10.2. The second-order valence-corrected chi connectivity index (χ2v) is 10.1. The van der Waals surface area contributed by atoms with Crippen LogP contribution in [0.5, 0.6) is 0 Å². The zero-order valence-electron chi connectivity index (χ0n) is 21.0. The van der Waals surface area contributed by atoms with E-state index in [9.17, 15) is 14.7 Å². The molecule has 0 amide bonds. The predicted octanol–water partition coefficient (Wildman–Crippen LogP) is 7.01. The third-order valence-corrected chi connectivity index (χ3v) is 7.52. The predicted molar refractivity (Wildman–Crippen MR) is 146 cm³/mol. The van der Waals surface area contributed by atoms with Gasteiger partial charge >= 0.3 is 0 Å². The molecule has 0 radical (unpaired) electrons. The van der Waals surface area contributed by atoms with E-state index in [2.05, 4.69) is 5.16 Å². The number of aliphatic hydroxyl groups excluding tert-OH is 1. The average Bonchev–Trinajstić information content (AvgIpc) is 3.35. The lowest BCUT2D eigenvalue weighted by Crippen LogP contribution is -2.21. The fourth-order valence-corrected chi connectivity index (χ4v) is 5.60. The van der Waals surface area contributed by atoms with Gasteiger partial charge in [0, 0.05) is 25.7 Å². The van der Waals surface area contributed by atoms with E-state index in [1.54, 1.807) is 0 Å². The van der Waals surface area contributed by atoms with Gasteiger partial charge in [-0.25, -0.2) is 0 Å². The SMILES string of the molecule is O=C1CCCC(O)=C1C(CCc1noc2c1C(=O)CC(c1ccccc1)C2)=Nc1ccc2ccccc2c1. The molecule has 4 aromatic rings. The number of carbonyl (C=O) groups is 2. The maximum absolute atomic E-state index is 13.2.